The molecule has 0 spiro atoms. The predicted octanol–water partition coefficient (Wildman–Crippen LogP) is 1.79. The highest BCUT2D eigenvalue weighted by molar-refractivity contribution is 7.89. The molecule has 0 fully saturated rings. The number of amides is 1. The molecule has 10 heteroatoms. The lowest BCUT2D eigenvalue weighted by Gasteiger charge is -2.10. The summed E-state index contributed by atoms with van der Waals surface area (Å²) in [5, 5.41) is 15.8. The largest absolute Gasteiger partial charge is 0.495 e. The van der Waals surface area contributed by atoms with Crippen molar-refractivity contribution >= 4 is 21.6 Å². The van der Waals surface area contributed by atoms with E-state index in [0.29, 0.717) is 5.69 Å². The quantitative estimate of drug-likeness (QED) is 0.670. The highest BCUT2D eigenvalue weighted by Gasteiger charge is 2.20. The van der Waals surface area contributed by atoms with Crippen LogP contribution in [0.1, 0.15) is 21.7 Å². The summed E-state index contributed by atoms with van der Waals surface area (Å²) in [6, 6.07) is 11.8. The van der Waals surface area contributed by atoms with Crippen molar-refractivity contribution in [3.05, 3.63) is 59.4 Å². The highest BCUT2D eigenvalue weighted by Crippen LogP contribution is 2.26. The van der Waals surface area contributed by atoms with Crippen molar-refractivity contribution in [1.29, 1.82) is 0 Å². The predicted molar refractivity (Wildman–Crippen MR) is 103 cm³/mol. The van der Waals surface area contributed by atoms with Gasteiger partial charge in [-0.3, -0.25) is 4.79 Å². The number of benzene rings is 2. The lowest BCUT2D eigenvalue weighted by molar-refractivity contribution is 0.102. The summed E-state index contributed by atoms with van der Waals surface area (Å²) >= 11 is 0. The first kappa shape index (κ1) is 19.5. The number of primary sulfonamides is 1. The molecule has 1 heterocycles. The second-order valence-corrected chi connectivity index (χ2v) is 7.67. The maximum Gasteiger partial charge on any atom is 0.278 e. The number of hydrogen-bond donors (Lipinski definition) is 2. The Hall–Kier alpha value is -3.24. The maximum atomic E-state index is 12.6. The van der Waals surface area contributed by atoms with E-state index in [2.05, 4.69) is 15.6 Å². The van der Waals surface area contributed by atoms with Crippen molar-refractivity contribution in [2.45, 2.75) is 18.7 Å². The van der Waals surface area contributed by atoms with Crippen LogP contribution in [0.25, 0.3) is 5.69 Å². The first-order valence-electron chi connectivity index (χ1n) is 8.22. The normalized spacial score (nSPS) is 11.3. The summed E-state index contributed by atoms with van der Waals surface area (Å²) in [7, 11) is -2.69. The van der Waals surface area contributed by atoms with Gasteiger partial charge in [-0.05, 0) is 44.2 Å². The van der Waals surface area contributed by atoms with Gasteiger partial charge < -0.3 is 10.1 Å². The van der Waals surface area contributed by atoms with Crippen LogP contribution < -0.4 is 15.2 Å². The van der Waals surface area contributed by atoms with Crippen molar-refractivity contribution < 1.29 is 17.9 Å². The topological polar surface area (TPSA) is 129 Å². The monoisotopic (exact) mass is 401 g/mol. The van der Waals surface area contributed by atoms with Crippen LogP contribution in [0.15, 0.2) is 47.4 Å². The van der Waals surface area contributed by atoms with Crippen molar-refractivity contribution in [3.8, 4) is 11.4 Å². The highest BCUT2D eigenvalue weighted by atomic mass is 32.2. The summed E-state index contributed by atoms with van der Waals surface area (Å²) in [4.78, 5) is 12.4. The molecule has 0 aliphatic heterocycles. The van der Waals surface area contributed by atoms with Gasteiger partial charge in [-0.25, -0.2) is 18.2 Å². The SMILES string of the molecule is COc1ccc(NC(=O)c2nnn(-c3ccc(C)cc3)c2C)cc1S(N)(=O)=O. The van der Waals surface area contributed by atoms with Crippen LogP contribution in [0.5, 0.6) is 5.75 Å². The third kappa shape index (κ3) is 3.87. The third-order valence-electron chi connectivity index (χ3n) is 4.12. The minimum atomic E-state index is -4.02. The smallest absolute Gasteiger partial charge is 0.278 e. The third-order valence-corrected chi connectivity index (χ3v) is 5.05. The van der Waals surface area contributed by atoms with E-state index in [9.17, 15) is 13.2 Å². The lowest BCUT2D eigenvalue weighted by Crippen LogP contribution is -2.17. The number of sulfonamides is 1. The van der Waals surface area contributed by atoms with Crippen LogP contribution in [0.4, 0.5) is 5.69 Å². The van der Waals surface area contributed by atoms with Crippen LogP contribution in [0.3, 0.4) is 0 Å². The van der Waals surface area contributed by atoms with Gasteiger partial charge in [0.05, 0.1) is 18.5 Å². The minimum absolute atomic E-state index is 0.0852. The fraction of sp³-hybridized carbons (Fsp3) is 0.167. The van der Waals surface area contributed by atoms with E-state index >= 15 is 0 Å². The molecule has 0 bridgehead atoms. The van der Waals surface area contributed by atoms with Gasteiger partial charge in [0.1, 0.15) is 10.6 Å². The molecule has 1 amide bonds. The molecule has 2 aromatic carbocycles. The van der Waals surface area contributed by atoms with Crippen molar-refractivity contribution in [2.24, 2.45) is 5.14 Å². The Bertz CT molecular complexity index is 1140. The number of hydrogen-bond acceptors (Lipinski definition) is 6. The number of methoxy groups -OCH3 is 1. The Labute approximate surface area is 162 Å². The van der Waals surface area contributed by atoms with E-state index in [1.807, 2.05) is 31.2 Å². The Morgan fingerprint density at radius 3 is 2.43 bits per heavy atom. The molecule has 0 aliphatic carbocycles. The van der Waals surface area contributed by atoms with Crippen LogP contribution in [0, 0.1) is 13.8 Å². The first-order valence-corrected chi connectivity index (χ1v) is 9.77. The van der Waals surface area contributed by atoms with Crippen molar-refractivity contribution in [3.63, 3.8) is 0 Å². The number of anilines is 1. The fourth-order valence-electron chi connectivity index (χ4n) is 2.64. The zero-order valence-electron chi connectivity index (χ0n) is 15.5. The summed E-state index contributed by atoms with van der Waals surface area (Å²) in [6.07, 6.45) is 0. The second kappa shape index (κ2) is 7.41. The molecular weight excluding hydrogens is 382 g/mol. The van der Waals surface area contributed by atoms with Crippen LogP contribution in [0.2, 0.25) is 0 Å². The molecular formula is C18H19N5O4S. The second-order valence-electron chi connectivity index (χ2n) is 6.14. The molecule has 3 N–H and O–H groups in total. The zero-order chi connectivity index (χ0) is 20.5. The lowest BCUT2D eigenvalue weighted by atomic mass is 10.2. The Balaban J connectivity index is 1.89. The molecule has 3 rings (SSSR count). The molecule has 146 valence electrons. The number of nitrogens with zero attached hydrogens (tertiary/aromatic N) is 3. The minimum Gasteiger partial charge on any atom is -0.495 e. The molecule has 1 aromatic heterocycles. The number of carbonyl (C=O) groups excluding carboxylic acids is 1. The van der Waals surface area contributed by atoms with E-state index in [0.717, 1.165) is 11.3 Å². The molecule has 3 aromatic rings. The van der Waals surface area contributed by atoms with Crippen molar-refractivity contribution in [2.75, 3.05) is 12.4 Å². The average Bonchev–Trinajstić information content (AvgIpc) is 3.03. The Morgan fingerprint density at radius 1 is 1.14 bits per heavy atom. The molecule has 0 aliphatic rings. The van der Waals surface area contributed by atoms with Gasteiger partial charge >= 0.3 is 0 Å². The van der Waals surface area contributed by atoms with Gasteiger partial charge in [-0.2, -0.15) is 0 Å². The van der Waals surface area contributed by atoms with E-state index in [1.165, 1.54) is 25.3 Å². The Morgan fingerprint density at radius 2 is 1.82 bits per heavy atom. The number of ether oxygens (including phenoxy) is 1. The average molecular weight is 401 g/mol. The number of rotatable bonds is 5. The van der Waals surface area contributed by atoms with Gasteiger partial charge in [0.2, 0.25) is 10.0 Å². The number of aromatic nitrogens is 3. The Kier molecular flexibility index (Phi) is 5.16. The van der Waals surface area contributed by atoms with Gasteiger partial charge in [0.15, 0.2) is 5.69 Å². The van der Waals surface area contributed by atoms with E-state index in [4.69, 9.17) is 9.88 Å². The molecule has 28 heavy (non-hydrogen) atoms. The molecule has 9 nitrogen and oxygen atoms in total. The molecule has 0 atom stereocenters. The maximum absolute atomic E-state index is 12.6. The number of carbonyl (C=O) groups is 1. The fourth-order valence-corrected chi connectivity index (χ4v) is 3.36. The van der Waals surface area contributed by atoms with Gasteiger partial charge in [0, 0.05) is 5.69 Å². The zero-order valence-corrected chi connectivity index (χ0v) is 16.3. The van der Waals surface area contributed by atoms with Gasteiger partial charge in [0.25, 0.3) is 5.91 Å². The van der Waals surface area contributed by atoms with E-state index in [-0.39, 0.29) is 22.0 Å². The molecule has 0 radical (unpaired) electrons. The van der Waals surface area contributed by atoms with E-state index in [1.54, 1.807) is 11.6 Å². The van der Waals surface area contributed by atoms with Crippen molar-refractivity contribution in [1.82, 2.24) is 15.0 Å². The number of nitrogens with two attached hydrogens (primary N) is 1. The van der Waals surface area contributed by atoms with Crippen LogP contribution >= 0.6 is 0 Å². The summed E-state index contributed by atoms with van der Waals surface area (Å²) < 4.78 is 30.0. The number of nitrogens with one attached hydrogen (secondary N) is 1. The van der Waals surface area contributed by atoms with Gasteiger partial charge in [-0.1, -0.05) is 22.9 Å². The van der Waals surface area contributed by atoms with Crippen LogP contribution in [-0.2, 0) is 10.0 Å². The summed E-state index contributed by atoms with van der Waals surface area (Å²) in [5.41, 5.74) is 2.77. The van der Waals surface area contributed by atoms with Gasteiger partial charge in [-0.15, -0.1) is 5.10 Å². The first-order chi connectivity index (χ1) is 13.2. The van der Waals surface area contributed by atoms with E-state index < -0.39 is 15.9 Å². The standard InChI is InChI=1S/C18H19N5O4S/c1-11-4-7-14(8-5-11)23-12(2)17(21-22-23)18(24)20-13-6-9-15(27-3)16(10-13)28(19,25)26/h4-10H,1-3H3,(H,20,24)(H2,19,25,26). The summed E-state index contributed by atoms with van der Waals surface area (Å²) in [5.74, 6) is -0.441. The number of aryl methyl sites for hydroxylation is 1. The summed E-state index contributed by atoms with van der Waals surface area (Å²) in [6.45, 7) is 3.69. The van der Waals surface area contributed by atoms with Crippen LogP contribution in [-0.4, -0.2) is 36.4 Å². The molecule has 0 unspecified atom stereocenters. The molecule has 0 saturated heterocycles. The molecule has 0 saturated carbocycles.